The molecule has 1 aliphatic heterocycles. The fourth-order valence-electron chi connectivity index (χ4n) is 3.39. The number of hydrogen-bond acceptors (Lipinski definition) is 5. The van der Waals surface area contributed by atoms with Gasteiger partial charge >= 0.3 is 0 Å². The molecule has 0 radical (unpaired) electrons. The highest BCUT2D eigenvalue weighted by Crippen LogP contribution is 2.33. The van der Waals surface area contributed by atoms with Gasteiger partial charge in [-0.1, -0.05) is 47.2 Å². The van der Waals surface area contributed by atoms with Gasteiger partial charge in [-0.2, -0.15) is 4.98 Å². The van der Waals surface area contributed by atoms with Crippen molar-refractivity contribution in [2.75, 3.05) is 5.32 Å². The summed E-state index contributed by atoms with van der Waals surface area (Å²) in [7, 11) is 0. The molecule has 3 aromatic carbocycles. The SMILES string of the molecule is Cc1cc(Cl)ccc1Nc1nc(O)c(C=c2ccc3c(c2)-c2ccccc2N=3)s1. The number of nitrogens with one attached hydrogen (secondary N) is 1. The molecular formula is C23H16ClN3OS. The minimum Gasteiger partial charge on any atom is -0.492 e. The van der Waals surface area contributed by atoms with Crippen molar-refractivity contribution in [2.45, 2.75) is 6.92 Å². The summed E-state index contributed by atoms with van der Waals surface area (Å²) in [6.07, 6.45) is 1.94. The van der Waals surface area contributed by atoms with Crippen LogP contribution in [0.3, 0.4) is 0 Å². The third kappa shape index (κ3) is 3.39. The molecule has 2 heterocycles. The highest BCUT2D eigenvalue weighted by atomic mass is 35.5. The molecule has 1 aliphatic rings. The van der Waals surface area contributed by atoms with Crippen LogP contribution in [-0.4, -0.2) is 10.1 Å². The zero-order valence-corrected chi connectivity index (χ0v) is 17.1. The quantitative estimate of drug-likeness (QED) is 0.418. The van der Waals surface area contributed by atoms with Crippen LogP contribution in [0.15, 0.2) is 65.7 Å². The molecule has 0 unspecified atom stereocenters. The minimum absolute atomic E-state index is 0.00898. The number of aryl methyl sites for hydroxylation is 1. The number of nitrogens with zero attached hydrogens (tertiary/aromatic N) is 2. The van der Waals surface area contributed by atoms with Crippen LogP contribution < -0.4 is 15.9 Å². The van der Waals surface area contributed by atoms with E-state index in [-0.39, 0.29) is 5.88 Å². The Kier molecular flexibility index (Phi) is 4.34. The predicted molar refractivity (Wildman–Crippen MR) is 119 cm³/mol. The topological polar surface area (TPSA) is 57.5 Å². The largest absolute Gasteiger partial charge is 0.492 e. The van der Waals surface area contributed by atoms with Crippen molar-refractivity contribution in [3.63, 3.8) is 0 Å². The minimum atomic E-state index is 0.00898. The maximum atomic E-state index is 10.3. The molecule has 0 bridgehead atoms. The lowest BCUT2D eigenvalue weighted by Gasteiger charge is -2.06. The molecule has 0 saturated heterocycles. The number of para-hydroxylation sites is 1. The zero-order chi connectivity index (χ0) is 20.0. The molecular weight excluding hydrogens is 402 g/mol. The summed E-state index contributed by atoms with van der Waals surface area (Å²) in [5.41, 5.74) is 5.15. The summed E-state index contributed by atoms with van der Waals surface area (Å²) >= 11 is 7.42. The van der Waals surface area contributed by atoms with Gasteiger partial charge in [-0.15, -0.1) is 0 Å². The Labute approximate surface area is 176 Å². The van der Waals surface area contributed by atoms with Crippen LogP contribution in [0.1, 0.15) is 10.4 Å². The lowest BCUT2D eigenvalue weighted by Crippen LogP contribution is -2.09. The molecule has 142 valence electrons. The van der Waals surface area contributed by atoms with Crippen LogP contribution in [0.2, 0.25) is 5.02 Å². The van der Waals surface area contributed by atoms with E-state index in [1.54, 1.807) is 0 Å². The number of rotatable bonds is 3. The molecule has 0 aliphatic carbocycles. The number of benzene rings is 3. The van der Waals surface area contributed by atoms with E-state index in [4.69, 9.17) is 11.6 Å². The van der Waals surface area contributed by atoms with Crippen molar-refractivity contribution < 1.29 is 5.11 Å². The average Bonchev–Trinajstić information content (AvgIpc) is 3.24. The number of halogens is 1. The first-order chi connectivity index (χ1) is 14.1. The first-order valence-electron chi connectivity index (χ1n) is 9.10. The van der Waals surface area contributed by atoms with Crippen molar-refractivity contribution in [1.82, 2.24) is 4.98 Å². The maximum absolute atomic E-state index is 10.3. The van der Waals surface area contributed by atoms with Crippen molar-refractivity contribution >= 4 is 45.5 Å². The van der Waals surface area contributed by atoms with Gasteiger partial charge in [0, 0.05) is 21.8 Å². The van der Waals surface area contributed by atoms with Gasteiger partial charge in [0.15, 0.2) is 5.13 Å². The van der Waals surface area contributed by atoms with Crippen molar-refractivity contribution in [2.24, 2.45) is 4.99 Å². The van der Waals surface area contributed by atoms with E-state index >= 15 is 0 Å². The Balaban J connectivity index is 1.49. The summed E-state index contributed by atoms with van der Waals surface area (Å²) in [6.45, 7) is 1.97. The van der Waals surface area contributed by atoms with E-state index in [2.05, 4.69) is 27.4 Å². The molecule has 1 aromatic heterocycles. The average molecular weight is 418 g/mol. The van der Waals surface area contributed by atoms with Gasteiger partial charge < -0.3 is 10.4 Å². The monoisotopic (exact) mass is 417 g/mol. The lowest BCUT2D eigenvalue weighted by molar-refractivity contribution is 0.457. The number of aromatic nitrogens is 1. The summed E-state index contributed by atoms with van der Waals surface area (Å²) in [5, 5.41) is 16.9. The Hall–Kier alpha value is -3.15. The second-order valence-corrected chi connectivity index (χ2v) is 8.31. The first kappa shape index (κ1) is 17.9. The van der Waals surface area contributed by atoms with E-state index in [1.165, 1.54) is 11.3 Å². The molecule has 6 heteroatoms. The smallest absolute Gasteiger partial charge is 0.231 e. The second kappa shape index (κ2) is 7.03. The molecule has 4 aromatic rings. The molecule has 0 amide bonds. The number of aromatic hydroxyl groups is 1. The van der Waals surface area contributed by atoms with Gasteiger partial charge in [0.2, 0.25) is 5.88 Å². The van der Waals surface area contributed by atoms with Crippen molar-refractivity contribution in [3.8, 4) is 17.0 Å². The highest BCUT2D eigenvalue weighted by molar-refractivity contribution is 7.16. The molecule has 0 saturated carbocycles. The van der Waals surface area contributed by atoms with Crippen LogP contribution in [0.4, 0.5) is 16.5 Å². The van der Waals surface area contributed by atoms with Crippen molar-refractivity contribution in [3.05, 3.63) is 86.7 Å². The normalized spacial score (nSPS) is 12.4. The molecule has 0 spiro atoms. The Bertz CT molecular complexity index is 1380. The third-order valence-electron chi connectivity index (χ3n) is 4.82. The van der Waals surface area contributed by atoms with Gasteiger partial charge in [0.05, 0.1) is 15.9 Å². The Morgan fingerprint density at radius 3 is 2.76 bits per heavy atom. The molecule has 4 nitrogen and oxygen atoms in total. The standard InChI is InChI=1S/C23H16ClN3OS/c1-13-10-15(24)7-9-18(13)26-23-27-22(28)21(29-23)12-14-6-8-20-17(11-14)16-4-2-3-5-19(16)25-20/h2-12,28H,1H3,(H,26,27). The van der Waals surface area contributed by atoms with Gasteiger partial charge in [0.1, 0.15) is 0 Å². The molecule has 29 heavy (non-hydrogen) atoms. The maximum Gasteiger partial charge on any atom is 0.231 e. The summed E-state index contributed by atoms with van der Waals surface area (Å²) in [6, 6.07) is 19.8. The van der Waals surface area contributed by atoms with E-state index in [0.717, 1.165) is 38.6 Å². The summed E-state index contributed by atoms with van der Waals surface area (Å²) in [5.74, 6) is 0.00898. The number of fused-ring (bicyclic) bond motifs is 3. The predicted octanol–water partition coefficient (Wildman–Crippen LogP) is 5.31. The summed E-state index contributed by atoms with van der Waals surface area (Å²) in [4.78, 5) is 9.60. The number of hydrogen-bond donors (Lipinski definition) is 2. The van der Waals surface area contributed by atoms with Crippen molar-refractivity contribution in [1.29, 1.82) is 0 Å². The first-order valence-corrected chi connectivity index (χ1v) is 10.3. The Morgan fingerprint density at radius 2 is 1.90 bits per heavy atom. The van der Waals surface area contributed by atoms with E-state index in [0.29, 0.717) is 15.0 Å². The second-order valence-electron chi connectivity index (χ2n) is 6.84. The fourth-order valence-corrected chi connectivity index (χ4v) is 4.45. The molecule has 2 N–H and O–H groups in total. The third-order valence-corrected chi connectivity index (χ3v) is 5.96. The van der Waals surface area contributed by atoms with Crippen LogP contribution in [0.25, 0.3) is 17.2 Å². The van der Waals surface area contributed by atoms with Gasteiger partial charge in [-0.3, -0.25) is 0 Å². The lowest BCUT2D eigenvalue weighted by atomic mass is 10.0. The fraction of sp³-hybridized carbons (Fsp3) is 0.0435. The molecule has 0 atom stereocenters. The molecule has 0 fully saturated rings. The van der Waals surface area contributed by atoms with E-state index in [9.17, 15) is 5.11 Å². The van der Waals surface area contributed by atoms with Gasteiger partial charge in [-0.05, 0) is 60.2 Å². The van der Waals surface area contributed by atoms with Crippen LogP contribution >= 0.6 is 22.9 Å². The van der Waals surface area contributed by atoms with Crippen LogP contribution in [0, 0.1) is 6.92 Å². The highest BCUT2D eigenvalue weighted by Gasteiger charge is 2.13. The molecule has 5 rings (SSSR count). The number of thiazole rings is 1. The van der Waals surface area contributed by atoms with Crippen LogP contribution in [-0.2, 0) is 0 Å². The summed E-state index contributed by atoms with van der Waals surface area (Å²) < 4.78 is 0. The van der Waals surface area contributed by atoms with Gasteiger partial charge in [0.25, 0.3) is 0 Å². The van der Waals surface area contributed by atoms with E-state index in [1.807, 2.05) is 61.5 Å². The number of anilines is 2. The van der Waals surface area contributed by atoms with Crippen LogP contribution in [0.5, 0.6) is 5.88 Å². The van der Waals surface area contributed by atoms with Gasteiger partial charge in [-0.25, -0.2) is 4.99 Å². The Morgan fingerprint density at radius 1 is 1.03 bits per heavy atom. The zero-order valence-electron chi connectivity index (χ0n) is 15.5. The van der Waals surface area contributed by atoms with E-state index < -0.39 is 0 Å².